The third kappa shape index (κ3) is 3.08. The Balaban J connectivity index is 1.92. The van der Waals surface area contributed by atoms with Crippen molar-refractivity contribution in [1.29, 1.82) is 0 Å². The van der Waals surface area contributed by atoms with Crippen LogP contribution in [0.3, 0.4) is 0 Å². The number of phenols is 1. The number of benzene rings is 2. The van der Waals surface area contributed by atoms with E-state index in [9.17, 15) is 5.11 Å². The lowest BCUT2D eigenvalue weighted by molar-refractivity contribution is 0.470. The van der Waals surface area contributed by atoms with Crippen molar-refractivity contribution in [3.05, 3.63) is 51.4 Å². The van der Waals surface area contributed by atoms with Gasteiger partial charge in [-0.2, -0.15) is 0 Å². The summed E-state index contributed by atoms with van der Waals surface area (Å²) in [5, 5.41) is 20.9. The average molecular weight is 411 g/mol. The van der Waals surface area contributed by atoms with Gasteiger partial charge in [-0.05, 0) is 40.2 Å². The summed E-state index contributed by atoms with van der Waals surface area (Å²) in [5.74, 6) is 0.279. The summed E-state index contributed by atoms with van der Waals surface area (Å²) in [6.07, 6.45) is 0. The van der Waals surface area contributed by atoms with Gasteiger partial charge in [-0.1, -0.05) is 39.2 Å². The molecule has 2 N–H and O–H groups in total. The first-order valence-corrected chi connectivity index (χ1v) is 7.56. The van der Waals surface area contributed by atoms with Crippen LogP contribution < -0.4 is 5.32 Å². The Bertz CT molecular complexity index is 775. The lowest BCUT2D eigenvalue weighted by Gasteiger charge is -2.03. The van der Waals surface area contributed by atoms with Gasteiger partial charge in [-0.15, -0.1) is 5.10 Å². The molecule has 0 aliphatic carbocycles. The van der Waals surface area contributed by atoms with Crippen LogP contribution >= 0.6 is 31.9 Å². The van der Waals surface area contributed by atoms with E-state index in [0.717, 1.165) is 10.2 Å². The Morgan fingerprint density at radius 1 is 1.05 bits per heavy atom. The number of aromatic nitrogens is 2. The molecule has 106 valence electrons. The van der Waals surface area contributed by atoms with Crippen LogP contribution in [0.25, 0.3) is 11.5 Å². The van der Waals surface area contributed by atoms with E-state index in [0.29, 0.717) is 10.0 Å². The van der Waals surface area contributed by atoms with Crippen molar-refractivity contribution in [3.63, 3.8) is 0 Å². The number of hydrogen-bond acceptors (Lipinski definition) is 5. The van der Waals surface area contributed by atoms with E-state index in [-0.39, 0.29) is 17.7 Å². The molecule has 0 spiro atoms. The van der Waals surface area contributed by atoms with Crippen LogP contribution in [0.1, 0.15) is 0 Å². The molecule has 0 radical (unpaired) electrons. The Labute approximate surface area is 137 Å². The van der Waals surface area contributed by atoms with E-state index in [2.05, 4.69) is 47.4 Å². The monoisotopic (exact) mass is 409 g/mol. The molecular weight excluding hydrogens is 402 g/mol. The van der Waals surface area contributed by atoms with Gasteiger partial charge in [0.2, 0.25) is 0 Å². The molecule has 0 aliphatic heterocycles. The van der Waals surface area contributed by atoms with E-state index in [1.54, 1.807) is 12.1 Å². The quantitative estimate of drug-likeness (QED) is 0.654. The summed E-state index contributed by atoms with van der Waals surface area (Å²) in [4.78, 5) is 0. The van der Waals surface area contributed by atoms with Crippen LogP contribution in [0.5, 0.6) is 5.75 Å². The largest absolute Gasteiger partial charge is 0.506 e. The third-order valence-corrected chi connectivity index (χ3v) is 3.77. The number of anilines is 2. The van der Waals surface area contributed by atoms with Gasteiger partial charge in [0.15, 0.2) is 0 Å². The minimum absolute atomic E-state index is 0.0492. The van der Waals surface area contributed by atoms with Crippen molar-refractivity contribution in [2.45, 2.75) is 0 Å². The maximum absolute atomic E-state index is 10.1. The van der Waals surface area contributed by atoms with Crippen LogP contribution in [-0.4, -0.2) is 15.3 Å². The Morgan fingerprint density at radius 3 is 2.57 bits per heavy atom. The average Bonchev–Trinajstić information content (AvgIpc) is 2.92. The number of aromatic hydroxyl groups is 1. The van der Waals surface area contributed by atoms with Crippen molar-refractivity contribution in [3.8, 4) is 17.2 Å². The molecule has 7 heteroatoms. The first-order valence-electron chi connectivity index (χ1n) is 5.97. The maximum atomic E-state index is 10.1. The summed E-state index contributed by atoms with van der Waals surface area (Å²) < 4.78 is 6.86. The molecule has 1 heterocycles. The van der Waals surface area contributed by atoms with Gasteiger partial charge in [0, 0.05) is 10.2 Å². The van der Waals surface area contributed by atoms with Crippen molar-refractivity contribution in [2.75, 3.05) is 5.32 Å². The second kappa shape index (κ2) is 5.87. The molecule has 5 nitrogen and oxygen atoms in total. The Morgan fingerprint density at radius 2 is 1.81 bits per heavy atom. The van der Waals surface area contributed by atoms with Crippen molar-refractivity contribution in [2.24, 2.45) is 0 Å². The predicted octanol–water partition coefficient (Wildman–Crippen LogP) is 4.71. The number of hydrogen-bond donors (Lipinski definition) is 2. The maximum Gasteiger partial charge on any atom is 0.320 e. The lowest BCUT2D eigenvalue weighted by atomic mass is 10.2. The molecule has 0 unspecified atom stereocenters. The zero-order chi connectivity index (χ0) is 14.8. The molecule has 0 saturated heterocycles. The standard InChI is InChI=1S/C14H9Br2N3O2/c15-8-6-10(12(20)11(16)7-8)13-18-19-14(21-13)17-9-4-2-1-3-5-9/h1-7,20H,(H,17,19). The van der Waals surface area contributed by atoms with E-state index < -0.39 is 0 Å². The summed E-state index contributed by atoms with van der Waals surface area (Å²) in [6.45, 7) is 0. The van der Waals surface area contributed by atoms with Crippen LogP contribution in [-0.2, 0) is 0 Å². The van der Waals surface area contributed by atoms with E-state index in [4.69, 9.17) is 4.42 Å². The highest BCUT2D eigenvalue weighted by Crippen LogP contribution is 2.38. The third-order valence-electron chi connectivity index (χ3n) is 2.71. The van der Waals surface area contributed by atoms with Gasteiger partial charge in [0.05, 0.1) is 10.0 Å². The summed E-state index contributed by atoms with van der Waals surface area (Å²) >= 11 is 6.63. The predicted molar refractivity (Wildman–Crippen MR) is 86.5 cm³/mol. The van der Waals surface area contributed by atoms with E-state index >= 15 is 0 Å². The highest BCUT2D eigenvalue weighted by Gasteiger charge is 2.16. The zero-order valence-electron chi connectivity index (χ0n) is 10.5. The van der Waals surface area contributed by atoms with Crippen LogP contribution in [0, 0.1) is 0 Å². The van der Waals surface area contributed by atoms with Crippen LogP contribution in [0.15, 0.2) is 55.8 Å². The van der Waals surface area contributed by atoms with Gasteiger partial charge >= 0.3 is 6.01 Å². The molecule has 0 bridgehead atoms. The number of phenolic OH excluding ortho intramolecular Hbond substituents is 1. The number of nitrogens with zero attached hydrogens (tertiary/aromatic N) is 2. The summed E-state index contributed by atoms with van der Waals surface area (Å²) in [7, 11) is 0. The van der Waals surface area contributed by atoms with Crippen molar-refractivity contribution in [1.82, 2.24) is 10.2 Å². The number of rotatable bonds is 3. The number of nitrogens with one attached hydrogen (secondary N) is 1. The van der Waals surface area contributed by atoms with Gasteiger partial charge in [-0.3, -0.25) is 0 Å². The molecule has 0 atom stereocenters. The van der Waals surface area contributed by atoms with E-state index in [1.165, 1.54) is 0 Å². The second-order valence-electron chi connectivity index (χ2n) is 4.19. The molecular formula is C14H9Br2N3O2. The first kappa shape index (κ1) is 14.1. The molecule has 0 aliphatic rings. The highest BCUT2D eigenvalue weighted by atomic mass is 79.9. The minimum Gasteiger partial charge on any atom is -0.506 e. The molecule has 21 heavy (non-hydrogen) atoms. The molecule has 0 saturated carbocycles. The van der Waals surface area contributed by atoms with Gasteiger partial charge in [0.25, 0.3) is 5.89 Å². The second-order valence-corrected chi connectivity index (χ2v) is 5.96. The van der Waals surface area contributed by atoms with Crippen LogP contribution in [0.4, 0.5) is 11.7 Å². The summed E-state index contributed by atoms with van der Waals surface area (Å²) in [6, 6.07) is 13.2. The molecule has 2 aromatic carbocycles. The van der Waals surface area contributed by atoms with Crippen LogP contribution in [0.2, 0.25) is 0 Å². The fraction of sp³-hybridized carbons (Fsp3) is 0. The Kier molecular flexibility index (Phi) is 3.94. The SMILES string of the molecule is Oc1c(Br)cc(Br)cc1-c1nnc(Nc2ccccc2)o1. The molecule has 3 rings (SSSR count). The minimum atomic E-state index is 0.0492. The highest BCUT2D eigenvalue weighted by molar-refractivity contribution is 9.11. The molecule has 1 aromatic heterocycles. The smallest absolute Gasteiger partial charge is 0.320 e. The number of para-hydroxylation sites is 1. The normalized spacial score (nSPS) is 10.6. The Hall–Kier alpha value is -1.86. The fourth-order valence-electron chi connectivity index (χ4n) is 1.76. The molecule has 0 amide bonds. The van der Waals surface area contributed by atoms with Crippen molar-refractivity contribution >= 4 is 43.6 Å². The number of halogens is 2. The summed E-state index contributed by atoms with van der Waals surface area (Å²) in [5.41, 5.74) is 1.29. The fourth-order valence-corrected chi connectivity index (χ4v) is 2.98. The lowest BCUT2D eigenvalue weighted by Crippen LogP contribution is -1.88. The topological polar surface area (TPSA) is 71.2 Å². The molecule has 0 fully saturated rings. The zero-order valence-corrected chi connectivity index (χ0v) is 13.7. The molecule has 3 aromatic rings. The van der Waals surface area contributed by atoms with Gasteiger partial charge in [-0.25, -0.2) is 0 Å². The van der Waals surface area contributed by atoms with E-state index in [1.807, 2.05) is 30.3 Å². The van der Waals surface area contributed by atoms with Gasteiger partial charge in [0.1, 0.15) is 5.75 Å². The van der Waals surface area contributed by atoms with Gasteiger partial charge < -0.3 is 14.8 Å². The van der Waals surface area contributed by atoms with Crippen molar-refractivity contribution < 1.29 is 9.52 Å². The first-order chi connectivity index (χ1) is 10.1.